The van der Waals surface area contributed by atoms with Crippen molar-refractivity contribution in [1.29, 1.82) is 0 Å². The van der Waals surface area contributed by atoms with Crippen molar-refractivity contribution in [2.24, 2.45) is 10.9 Å². The van der Waals surface area contributed by atoms with Crippen LogP contribution in [-0.2, 0) is 35.1 Å². The monoisotopic (exact) mass is 594 g/mol. The molecule has 0 radical (unpaired) electrons. The molecule has 0 fully saturated rings. The van der Waals surface area contributed by atoms with Crippen LogP contribution in [0.1, 0.15) is 30.9 Å². The summed E-state index contributed by atoms with van der Waals surface area (Å²) in [6, 6.07) is 11.3. The molecule has 0 aromatic heterocycles. The summed E-state index contributed by atoms with van der Waals surface area (Å²) in [5.74, 6) is -3.20. The largest absolute Gasteiger partial charge is 0.468 e. The summed E-state index contributed by atoms with van der Waals surface area (Å²) in [5, 5.41) is 3.73. The van der Waals surface area contributed by atoms with Gasteiger partial charge in [0.05, 0.1) is 61.5 Å². The summed E-state index contributed by atoms with van der Waals surface area (Å²) in [6.07, 6.45) is 0. The molecule has 216 valence electrons. The van der Waals surface area contributed by atoms with Crippen molar-refractivity contribution >= 4 is 40.9 Å². The third kappa shape index (κ3) is 8.34. The minimum absolute atomic E-state index is 0.0136. The van der Waals surface area contributed by atoms with Gasteiger partial charge < -0.3 is 24.3 Å². The maximum absolute atomic E-state index is 13.2. The van der Waals surface area contributed by atoms with E-state index < -0.39 is 23.8 Å². The summed E-state index contributed by atoms with van der Waals surface area (Å²) in [5.41, 5.74) is 2.40. The molecule has 1 aliphatic rings. The summed E-state index contributed by atoms with van der Waals surface area (Å²) in [4.78, 5) is 30.6. The Morgan fingerprint density at radius 1 is 1.05 bits per heavy atom. The molecule has 11 heteroatoms. The number of aliphatic imine (C=N–C) groups is 1. The summed E-state index contributed by atoms with van der Waals surface area (Å²) < 4.78 is 34.8. The lowest BCUT2D eigenvalue weighted by Gasteiger charge is -2.32. The fourth-order valence-electron chi connectivity index (χ4n) is 4.39. The highest BCUT2D eigenvalue weighted by molar-refractivity contribution is 6.42. The van der Waals surface area contributed by atoms with Crippen LogP contribution in [0.5, 0.6) is 0 Å². The molecule has 2 aromatic carbocycles. The normalized spacial score (nSPS) is 17.0. The molecule has 0 spiro atoms. The second-order valence-electron chi connectivity index (χ2n) is 8.92. The fourth-order valence-corrected chi connectivity index (χ4v) is 4.82. The van der Waals surface area contributed by atoms with E-state index in [4.69, 9.17) is 42.1 Å². The van der Waals surface area contributed by atoms with Gasteiger partial charge in [0.1, 0.15) is 11.7 Å². The van der Waals surface area contributed by atoms with Gasteiger partial charge in [0, 0.05) is 24.7 Å². The molecule has 2 aromatic rings. The van der Waals surface area contributed by atoms with Gasteiger partial charge in [0.15, 0.2) is 0 Å². The molecule has 40 heavy (non-hydrogen) atoms. The minimum atomic E-state index is -0.908. The Bertz CT molecular complexity index is 1240. The van der Waals surface area contributed by atoms with Crippen molar-refractivity contribution in [3.8, 4) is 0 Å². The van der Waals surface area contributed by atoms with Gasteiger partial charge in [0.2, 0.25) is 0 Å². The number of carbonyl (C=O) groups is 2. The van der Waals surface area contributed by atoms with Crippen molar-refractivity contribution in [1.82, 2.24) is 5.32 Å². The summed E-state index contributed by atoms with van der Waals surface area (Å²) in [7, 11) is 1.27. The van der Waals surface area contributed by atoms with Crippen LogP contribution in [0.15, 0.2) is 58.7 Å². The molecule has 1 heterocycles. The van der Waals surface area contributed by atoms with Gasteiger partial charge in [-0.25, -0.2) is 9.18 Å². The Balaban J connectivity index is 1.67. The molecule has 0 saturated carbocycles. The molecule has 0 aliphatic carbocycles. The Labute approximate surface area is 243 Å². The number of hydrogen-bond acceptors (Lipinski definition) is 8. The first kappa shape index (κ1) is 31.7. The first-order valence-electron chi connectivity index (χ1n) is 12.9. The zero-order chi connectivity index (χ0) is 29.1. The smallest absolute Gasteiger partial charge is 0.336 e. The van der Waals surface area contributed by atoms with Gasteiger partial charge in [-0.2, -0.15) is 0 Å². The van der Waals surface area contributed by atoms with E-state index >= 15 is 0 Å². The van der Waals surface area contributed by atoms with Crippen molar-refractivity contribution < 1.29 is 32.9 Å². The Kier molecular flexibility index (Phi) is 12.5. The highest BCUT2D eigenvalue weighted by Gasteiger charge is 2.44. The third-order valence-corrected chi connectivity index (χ3v) is 7.09. The SMILES string of the molecule is CCOC(=O)C1=C(COCCOCCNCc2ccc(F)cc2)N=C(C)C(C(=O)OC)C1c1cccc(Cl)c1Cl. The summed E-state index contributed by atoms with van der Waals surface area (Å²) in [6.45, 7) is 5.72. The lowest BCUT2D eigenvalue weighted by Crippen LogP contribution is -2.37. The predicted molar refractivity (Wildman–Crippen MR) is 151 cm³/mol. The number of hydrogen-bond donors (Lipinski definition) is 1. The standard InChI is InChI=1S/C29H33Cl2FN2O6/c1-4-40-29(36)26-23(17-39-15-14-38-13-12-33-16-19-8-10-20(32)11-9-19)34-18(2)24(28(35)37-3)25(26)21-6-5-7-22(30)27(21)31/h5-11,24-25,33H,4,12-17H2,1-3H3. The second kappa shape index (κ2) is 15.8. The maximum atomic E-state index is 13.2. The summed E-state index contributed by atoms with van der Waals surface area (Å²) >= 11 is 12.8. The van der Waals surface area contributed by atoms with Crippen molar-refractivity contribution in [3.05, 3.63) is 80.7 Å². The van der Waals surface area contributed by atoms with Gasteiger partial charge in [-0.3, -0.25) is 9.79 Å². The quantitative estimate of drug-likeness (QED) is 0.239. The average molecular weight is 595 g/mol. The van der Waals surface area contributed by atoms with Crippen LogP contribution in [0.25, 0.3) is 0 Å². The van der Waals surface area contributed by atoms with Crippen molar-refractivity contribution in [2.45, 2.75) is 26.3 Å². The highest BCUT2D eigenvalue weighted by atomic mass is 35.5. The van der Waals surface area contributed by atoms with E-state index in [9.17, 15) is 14.0 Å². The number of carbonyl (C=O) groups excluding carboxylic acids is 2. The Hall–Kier alpha value is -2.82. The van der Waals surface area contributed by atoms with E-state index in [1.54, 1.807) is 44.2 Å². The zero-order valence-electron chi connectivity index (χ0n) is 22.7. The second-order valence-corrected chi connectivity index (χ2v) is 9.71. The van der Waals surface area contributed by atoms with Crippen LogP contribution in [-0.4, -0.2) is 64.3 Å². The average Bonchev–Trinajstić information content (AvgIpc) is 2.94. The Morgan fingerprint density at radius 2 is 1.77 bits per heavy atom. The molecule has 1 aliphatic heterocycles. The van der Waals surface area contributed by atoms with E-state index in [-0.39, 0.29) is 41.3 Å². The lowest BCUT2D eigenvalue weighted by molar-refractivity contribution is -0.144. The number of ether oxygens (including phenoxy) is 4. The van der Waals surface area contributed by atoms with Crippen LogP contribution < -0.4 is 5.32 Å². The van der Waals surface area contributed by atoms with E-state index in [1.807, 2.05) is 0 Å². The van der Waals surface area contributed by atoms with Crippen LogP contribution >= 0.6 is 23.2 Å². The Morgan fingerprint density at radius 3 is 2.48 bits per heavy atom. The van der Waals surface area contributed by atoms with E-state index in [2.05, 4.69) is 10.3 Å². The molecule has 2 unspecified atom stereocenters. The third-order valence-electron chi connectivity index (χ3n) is 6.26. The molecule has 2 atom stereocenters. The van der Waals surface area contributed by atoms with Gasteiger partial charge in [-0.15, -0.1) is 0 Å². The molecule has 3 rings (SSSR count). The molecular weight excluding hydrogens is 562 g/mol. The topological polar surface area (TPSA) is 95.5 Å². The molecule has 1 N–H and O–H groups in total. The van der Waals surface area contributed by atoms with Gasteiger partial charge >= 0.3 is 11.9 Å². The van der Waals surface area contributed by atoms with Gasteiger partial charge in [-0.05, 0) is 43.2 Å². The van der Waals surface area contributed by atoms with Crippen LogP contribution in [0.4, 0.5) is 4.39 Å². The molecule has 0 bridgehead atoms. The zero-order valence-corrected chi connectivity index (χ0v) is 24.2. The number of nitrogens with one attached hydrogen (secondary N) is 1. The minimum Gasteiger partial charge on any atom is -0.468 e. The van der Waals surface area contributed by atoms with Crippen LogP contribution in [0.2, 0.25) is 10.0 Å². The van der Waals surface area contributed by atoms with Crippen LogP contribution in [0.3, 0.4) is 0 Å². The molecular formula is C29H33Cl2FN2O6. The van der Waals surface area contributed by atoms with Crippen molar-refractivity contribution in [3.63, 3.8) is 0 Å². The highest BCUT2D eigenvalue weighted by Crippen LogP contribution is 2.44. The first-order valence-corrected chi connectivity index (χ1v) is 13.6. The number of benzene rings is 2. The molecule has 0 saturated heterocycles. The van der Waals surface area contributed by atoms with E-state index in [0.29, 0.717) is 43.3 Å². The molecule has 0 amide bonds. The number of methoxy groups -OCH3 is 1. The predicted octanol–water partition coefficient (Wildman–Crippen LogP) is 5.12. The van der Waals surface area contributed by atoms with E-state index in [1.165, 1.54) is 19.2 Å². The molecule has 8 nitrogen and oxygen atoms in total. The number of rotatable bonds is 14. The lowest BCUT2D eigenvalue weighted by atomic mass is 9.75. The number of nitrogens with zero attached hydrogens (tertiary/aromatic N) is 1. The first-order chi connectivity index (χ1) is 19.3. The van der Waals surface area contributed by atoms with E-state index in [0.717, 1.165) is 5.56 Å². The van der Waals surface area contributed by atoms with Crippen LogP contribution in [0, 0.1) is 11.7 Å². The number of esters is 2. The maximum Gasteiger partial charge on any atom is 0.336 e. The fraction of sp³-hybridized carbons (Fsp3) is 0.414. The van der Waals surface area contributed by atoms with Crippen molar-refractivity contribution in [2.75, 3.05) is 46.7 Å². The number of halogens is 3. The van der Waals surface area contributed by atoms with Gasteiger partial charge in [-0.1, -0.05) is 47.5 Å². The van der Waals surface area contributed by atoms with Gasteiger partial charge in [0.25, 0.3) is 0 Å².